The van der Waals surface area contributed by atoms with Crippen LogP contribution in [-0.2, 0) is 0 Å². The Morgan fingerprint density at radius 3 is 2.48 bits per heavy atom. The van der Waals surface area contributed by atoms with Crippen molar-refractivity contribution in [3.8, 4) is 0 Å². The Balaban J connectivity index is 1.66. The number of carbonyl (C=O) groups excluding carboxylic acids is 1. The molecule has 2 aromatic rings. The van der Waals surface area contributed by atoms with E-state index in [4.69, 9.17) is 0 Å². The lowest BCUT2D eigenvalue weighted by molar-refractivity contribution is 0.0712. The third-order valence-electron chi connectivity index (χ3n) is 5.38. The lowest BCUT2D eigenvalue weighted by Gasteiger charge is -2.27. The average molecular weight is 338 g/mol. The van der Waals surface area contributed by atoms with Crippen LogP contribution in [0.25, 0.3) is 10.9 Å². The van der Waals surface area contributed by atoms with Gasteiger partial charge in [-0.05, 0) is 44.2 Å². The molecule has 1 aliphatic heterocycles. The highest BCUT2D eigenvalue weighted by molar-refractivity contribution is 5.96. The lowest BCUT2D eigenvalue weighted by Crippen LogP contribution is -2.36. The molecule has 4 rings (SSSR count). The van der Waals surface area contributed by atoms with Gasteiger partial charge in [-0.1, -0.05) is 31.4 Å². The first-order valence-electron chi connectivity index (χ1n) is 9.64. The van der Waals surface area contributed by atoms with E-state index in [1.54, 1.807) is 0 Å². The van der Waals surface area contributed by atoms with Crippen molar-refractivity contribution in [2.45, 2.75) is 57.4 Å². The molecule has 1 aliphatic carbocycles. The number of hydrogen-bond donors (Lipinski definition) is 1. The molecule has 5 heteroatoms. The van der Waals surface area contributed by atoms with Crippen molar-refractivity contribution in [2.75, 3.05) is 18.4 Å². The van der Waals surface area contributed by atoms with Crippen LogP contribution in [0, 0.1) is 0 Å². The summed E-state index contributed by atoms with van der Waals surface area (Å²) in [5, 5.41) is 4.60. The fourth-order valence-corrected chi connectivity index (χ4v) is 3.96. The van der Waals surface area contributed by atoms with Crippen LogP contribution in [0.15, 0.2) is 24.3 Å². The monoisotopic (exact) mass is 338 g/mol. The Morgan fingerprint density at radius 2 is 1.68 bits per heavy atom. The second-order valence-corrected chi connectivity index (χ2v) is 7.25. The zero-order valence-corrected chi connectivity index (χ0v) is 14.7. The van der Waals surface area contributed by atoms with Crippen molar-refractivity contribution in [2.24, 2.45) is 0 Å². The molecule has 0 bridgehead atoms. The van der Waals surface area contributed by atoms with E-state index in [-0.39, 0.29) is 5.91 Å². The standard InChI is InChI=1S/C20H26N4O/c25-20(24-13-7-2-8-14-24)19-22-17-12-6-5-11-16(17)18(23-19)21-15-9-3-1-4-10-15/h5-6,11-12,15H,1-4,7-10,13-14H2,(H,21,22,23). The average Bonchev–Trinajstić information content (AvgIpc) is 2.69. The number of para-hydroxylation sites is 1. The van der Waals surface area contributed by atoms with Crippen LogP contribution in [0.2, 0.25) is 0 Å². The number of hydrogen-bond acceptors (Lipinski definition) is 4. The van der Waals surface area contributed by atoms with E-state index in [1.165, 1.54) is 38.5 Å². The number of piperidine rings is 1. The van der Waals surface area contributed by atoms with Gasteiger partial charge in [0.05, 0.1) is 5.52 Å². The van der Waals surface area contributed by atoms with E-state index < -0.39 is 0 Å². The molecular formula is C20H26N4O. The number of fused-ring (bicyclic) bond motifs is 1. The molecule has 25 heavy (non-hydrogen) atoms. The highest BCUT2D eigenvalue weighted by Gasteiger charge is 2.23. The number of amides is 1. The van der Waals surface area contributed by atoms with Gasteiger partial charge in [0.15, 0.2) is 0 Å². The third kappa shape index (κ3) is 3.60. The van der Waals surface area contributed by atoms with Crippen LogP contribution >= 0.6 is 0 Å². The maximum atomic E-state index is 12.9. The Morgan fingerprint density at radius 1 is 0.960 bits per heavy atom. The predicted molar refractivity (Wildman–Crippen MR) is 99.8 cm³/mol. The van der Waals surface area contributed by atoms with Crippen molar-refractivity contribution in [3.63, 3.8) is 0 Å². The minimum absolute atomic E-state index is 0.0304. The number of nitrogens with zero attached hydrogens (tertiary/aromatic N) is 3. The van der Waals surface area contributed by atoms with Crippen LogP contribution in [0.5, 0.6) is 0 Å². The summed E-state index contributed by atoms with van der Waals surface area (Å²) < 4.78 is 0. The number of benzene rings is 1. The molecule has 1 saturated carbocycles. The van der Waals surface area contributed by atoms with Crippen molar-refractivity contribution < 1.29 is 4.79 Å². The zero-order valence-electron chi connectivity index (χ0n) is 14.7. The lowest BCUT2D eigenvalue weighted by atomic mass is 9.95. The summed E-state index contributed by atoms with van der Waals surface area (Å²) >= 11 is 0. The smallest absolute Gasteiger partial charge is 0.291 e. The summed E-state index contributed by atoms with van der Waals surface area (Å²) in [5.41, 5.74) is 0.844. The summed E-state index contributed by atoms with van der Waals surface area (Å²) in [7, 11) is 0. The molecule has 2 fully saturated rings. The first kappa shape index (κ1) is 16.3. The second-order valence-electron chi connectivity index (χ2n) is 7.25. The number of aromatic nitrogens is 2. The Labute approximate surface area is 148 Å². The van der Waals surface area contributed by atoms with E-state index in [2.05, 4.69) is 15.3 Å². The fraction of sp³-hybridized carbons (Fsp3) is 0.550. The van der Waals surface area contributed by atoms with Crippen molar-refractivity contribution in [3.05, 3.63) is 30.1 Å². The number of likely N-dealkylation sites (tertiary alicyclic amines) is 1. The van der Waals surface area contributed by atoms with Gasteiger partial charge in [-0.2, -0.15) is 0 Å². The largest absolute Gasteiger partial charge is 0.367 e. The van der Waals surface area contributed by atoms with Crippen LogP contribution in [0.1, 0.15) is 62.0 Å². The molecule has 1 saturated heterocycles. The molecule has 2 aliphatic rings. The number of anilines is 1. The van der Waals surface area contributed by atoms with Crippen molar-refractivity contribution >= 4 is 22.6 Å². The zero-order chi connectivity index (χ0) is 17.1. The third-order valence-corrected chi connectivity index (χ3v) is 5.38. The van der Waals surface area contributed by atoms with E-state index in [0.717, 1.165) is 42.7 Å². The minimum atomic E-state index is -0.0304. The minimum Gasteiger partial charge on any atom is -0.367 e. The van der Waals surface area contributed by atoms with E-state index in [9.17, 15) is 4.79 Å². The summed E-state index contributed by atoms with van der Waals surface area (Å²) in [6.07, 6.45) is 9.55. The van der Waals surface area contributed by atoms with Gasteiger partial charge in [0.2, 0.25) is 5.82 Å². The molecule has 0 spiro atoms. The van der Waals surface area contributed by atoms with Gasteiger partial charge >= 0.3 is 0 Å². The van der Waals surface area contributed by atoms with Crippen LogP contribution in [-0.4, -0.2) is 39.9 Å². The number of rotatable bonds is 3. The quantitative estimate of drug-likeness (QED) is 0.919. The van der Waals surface area contributed by atoms with Gasteiger partial charge in [0.1, 0.15) is 5.82 Å². The second kappa shape index (κ2) is 7.38. The van der Waals surface area contributed by atoms with Gasteiger partial charge in [0, 0.05) is 24.5 Å². The molecule has 1 aromatic carbocycles. The van der Waals surface area contributed by atoms with Crippen LogP contribution in [0.4, 0.5) is 5.82 Å². The first-order chi connectivity index (χ1) is 12.3. The van der Waals surface area contributed by atoms with Gasteiger partial charge < -0.3 is 10.2 Å². The number of carbonyl (C=O) groups is 1. The fourth-order valence-electron chi connectivity index (χ4n) is 3.96. The van der Waals surface area contributed by atoms with Crippen molar-refractivity contribution in [1.82, 2.24) is 14.9 Å². The normalized spacial score (nSPS) is 19.1. The summed E-state index contributed by atoms with van der Waals surface area (Å²) in [6.45, 7) is 1.64. The summed E-state index contributed by atoms with van der Waals surface area (Å²) in [4.78, 5) is 24.0. The Kier molecular flexibility index (Phi) is 4.81. The van der Waals surface area contributed by atoms with Crippen LogP contribution < -0.4 is 5.32 Å². The maximum Gasteiger partial charge on any atom is 0.291 e. The SMILES string of the molecule is O=C(c1nc(NC2CCCCC2)c2ccccc2n1)N1CCCCC1. The Bertz CT molecular complexity index is 748. The molecule has 0 unspecified atom stereocenters. The molecule has 132 valence electrons. The highest BCUT2D eigenvalue weighted by Crippen LogP contribution is 2.26. The van der Waals surface area contributed by atoms with Gasteiger partial charge in [-0.25, -0.2) is 9.97 Å². The van der Waals surface area contributed by atoms with E-state index >= 15 is 0 Å². The molecule has 2 heterocycles. The molecule has 1 amide bonds. The summed E-state index contributed by atoms with van der Waals surface area (Å²) in [5.74, 6) is 1.12. The molecular weight excluding hydrogens is 312 g/mol. The molecule has 0 atom stereocenters. The number of nitrogens with one attached hydrogen (secondary N) is 1. The van der Waals surface area contributed by atoms with Gasteiger partial charge in [-0.3, -0.25) is 4.79 Å². The molecule has 1 N–H and O–H groups in total. The topological polar surface area (TPSA) is 58.1 Å². The van der Waals surface area contributed by atoms with Crippen LogP contribution in [0.3, 0.4) is 0 Å². The van der Waals surface area contributed by atoms with E-state index in [0.29, 0.717) is 11.9 Å². The highest BCUT2D eigenvalue weighted by atomic mass is 16.2. The predicted octanol–water partition coefficient (Wildman–Crippen LogP) is 4.00. The molecule has 0 radical (unpaired) electrons. The molecule has 5 nitrogen and oxygen atoms in total. The Hall–Kier alpha value is -2.17. The molecule has 1 aromatic heterocycles. The van der Waals surface area contributed by atoms with Gasteiger partial charge in [-0.15, -0.1) is 0 Å². The maximum absolute atomic E-state index is 12.9. The van der Waals surface area contributed by atoms with E-state index in [1.807, 2.05) is 29.2 Å². The first-order valence-corrected chi connectivity index (χ1v) is 9.64. The van der Waals surface area contributed by atoms with Gasteiger partial charge in [0.25, 0.3) is 5.91 Å². The van der Waals surface area contributed by atoms with Crippen molar-refractivity contribution in [1.29, 1.82) is 0 Å². The summed E-state index contributed by atoms with van der Waals surface area (Å²) in [6, 6.07) is 8.43.